The van der Waals surface area contributed by atoms with Crippen LogP contribution in [0.25, 0.3) is 0 Å². The zero-order chi connectivity index (χ0) is 12.3. The number of amidine groups is 1. The fraction of sp³-hybridized carbons (Fsp3) is 0.333. The lowest BCUT2D eigenvalue weighted by molar-refractivity contribution is 0.0780. The maximum Gasteiger partial charge on any atom is 0.265 e. The molecular weight excluding hydrogens is 294 g/mol. The van der Waals surface area contributed by atoms with Gasteiger partial charge >= 0.3 is 0 Å². The lowest BCUT2D eigenvalue weighted by atomic mass is 10.2. The standard InChI is InChI=1S/C9H12BrN3O2S/c1-5(8(11)12-15)13(2)9(14)7-6(10)3-4-16-7/h3-5,15H,1-2H3,(H2,11,12). The van der Waals surface area contributed by atoms with E-state index in [4.69, 9.17) is 10.9 Å². The van der Waals surface area contributed by atoms with Gasteiger partial charge in [-0.1, -0.05) is 5.16 Å². The smallest absolute Gasteiger partial charge is 0.265 e. The Morgan fingerprint density at radius 2 is 2.38 bits per heavy atom. The number of halogens is 1. The summed E-state index contributed by atoms with van der Waals surface area (Å²) in [6.45, 7) is 1.69. The minimum Gasteiger partial charge on any atom is -0.409 e. The normalized spacial score (nSPS) is 13.6. The van der Waals surface area contributed by atoms with E-state index in [1.165, 1.54) is 16.2 Å². The number of rotatable bonds is 3. The molecule has 1 aromatic heterocycles. The van der Waals surface area contributed by atoms with Crippen molar-refractivity contribution in [3.63, 3.8) is 0 Å². The summed E-state index contributed by atoms with van der Waals surface area (Å²) in [5.74, 6) is -0.162. The molecule has 0 saturated heterocycles. The number of thiophene rings is 1. The van der Waals surface area contributed by atoms with Gasteiger partial charge in [-0.05, 0) is 34.3 Å². The van der Waals surface area contributed by atoms with Crippen LogP contribution in [0.3, 0.4) is 0 Å². The second-order valence-electron chi connectivity index (χ2n) is 3.21. The second kappa shape index (κ2) is 5.31. The van der Waals surface area contributed by atoms with Crippen molar-refractivity contribution in [2.45, 2.75) is 13.0 Å². The van der Waals surface area contributed by atoms with Crippen LogP contribution in [0.5, 0.6) is 0 Å². The Kier molecular flexibility index (Phi) is 4.31. The third kappa shape index (κ3) is 2.53. The number of carbonyl (C=O) groups is 1. The molecule has 1 aromatic rings. The molecule has 1 rings (SSSR count). The predicted molar refractivity (Wildman–Crippen MR) is 67.0 cm³/mol. The highest BCUT2D eigenvalue weighted by Gasteiger charge is 2.22. The molecule has 88 valence electrons. The van der Waals surface area contributed by atoms with Crippen molar-refractivity contribution in [1.82, 2.24) is 4.90 Å². The van der Waals surface area contributed by atoms with Crippen LogP contribution in [-0.2, 0) is 0 Å². The molecule has 1 atom stereocenters. The topological polar surface area (TPSA) is 78.9 Å². The second-order valence-corrected chi connectivity index (χ2v) is 4.99. The molecule has 5 nitrogen and oxygen atoms in total. The van der Waals surface area contributed by atoms with Gasteiger partial charge in [-0.15, -0.1) is 11.3 Å². The van der Waals surface area contributed by atoms with Gasteiger partial charge in [-0.3, -0.25) is 4.79 Å². The van der Waals surface area contributed by atoms with E-state index in [0.29, 0.717) is 4.88 Å². The van der Waals surface area contributed by atoms with Crippen molar-refractivity contribution in [3.8, 4) is 0 Å². The van der Waals surface area contributed by atoms with E-state index in [1.807, 2.05) is 5.38 Å². The number of carbonyl (C=O) groups excluding carboxylic acids is 1. The lowest BCUT2D eigenvalue weighted by Gasteiger charge is -2.23. The number of nitrogens with two attached hydrogens (primary N) is 1. The van der Waals surface area contributed by atoms with Gasteiger partial charge in [0.25, 0.3) is 5.91 Å². The van der Waals surface area contributed by atoms with Gasteiger partial charge in [0.15, 0.2) is 5.84 Å². The quantitative estimate of drug-likeness (QED) is 0.386. The lowest BCUT2D eigenvalue weighted by Crippen LogP contribution is -2.43. The molecule has 1 unspecified atom stereocenters. The first-order valence-corrected chi connectivity index (χ1v) is 6.13. The Labute approximate surface area is 106 Å². The van der Waals surface area contributed by atoms with Crippen molar-refractivity contribution < 1.29 is 10.0 Å². The van der Waals surface area contributed by atoms with Gasteiger partial charge in [-0.25, -0.2) is 0 Å². The van der Waals surface area contributed by atoms with Gasteiger partial charge in [0, 0.05) is 11.5 Å². The van der Waals surface area contributed by atoms with Crippen molar-refractivity contribution in [2.24, 2.45) is 10.9 Å². The van der Waals surface area contributed by atoms with Crippen molar-refractivity contribution in [1.29, 1.82) is 0 Å². The Bertz CT molecular complexity index is 419. The molecule has 0 fully saturated rings. The monoisotopic (exact) mass is 305 g/mol. The first-order chi connectivity index (χ1) is 7.49. The van der Waals surface area contributed by atoms with Crippen LogP contribution >= 0.6 is 27.3 Å². The Morgan fingerprint density at radius 3 is 2.81 bits per heavy atom. The number of hydrogen-bond acceptors (Lipinski definition) is 4. The van der Waals surface area contributed by atoms with E-state index in [2.05, 4.69) is 21.1 Å². The fourth-order valence-electron chi connectivity index (χ4n) is 1.06. The van der Waals surface area contributed by atoms with Crippen LogP contribution in [0.2, 0.25) is 0 Å². The van der Waals surface area contributed by atoms with E-state index < -0.39 is 6.04 Å². The van der Waals surface area contributed by atoms with Crippen LogP contribution < -0.4 is 5.73 Å². The zero-order valence-corrected chi connectivity index (χ0v) is 11.2. The number of nitrogens with zero attached hydrogens (tertiary/aromatic N) is 2. The Morgan fingerprint density at radius 1 is 1.75 bits per heavy atom. The molecule has 0 bridgehead atoms. The summed E-state index contributed by atoms with van der Waals surface area (Å²) in [5.41, 5.74) is 5.44. The largest absolute Gasteiger partial charge is 0.409 e. The summed E-state index contributed by atoms with van der Waals surface area (Å²) in [6.07, 6.45) is 0. The summed E-state index contributed by atoms with van der Waals surface area (Å²) in [4.78, 5) is 14.0. The average Bonchev–Trinajstić information content (AvgIpc) is 2.71. The summed E-state index contributed by atoms with van der Waals surface area (Å²) in [6, 6.07) is 1.35. The minimum absolute atomic E-state index is 0.00327. The molecule has 0 saturated carbocycles. The maximum absolute atomic E-state index is 12.0. The number of oxime groups is 1. The van der Waals surface area contributed by atoms with Crippen LogP contribution in [0.15, 0.2) is 21.1 Å². The predicted octanol–water partition coefficient (Wildman–Crippen LogP) is 1.72. The number of amides is 1. The summed E-state index contributed by atoms with van der Waals surface area (Å²) in [5, 5.41) is 13.2. The molecule has 1 heterocycles. The highest BCUT2D eigenvalue weighted by molar-refractivity contribution is 9.10. The summed E-state index contributed by atoms with van der Waals surface area (Å²) < 4.78 is 0.751. The third-order valence-electron chi connectivity index (χ3n) is 2.26. The van der Waals surface area contributed by atoms with E-state index in [0.717, 1.165) is 4.47 Å². The Hall–Kier alpha value is -1.08. The van der Waals surface area contributed by atoms with Gasteiger partial charge < -0.3 is 15.8 Å². The number of hydrogen-bond donors (Lipinski definition) is 2. The van der Waals surface area contributed by atoms with Gasteiger partial charge in [0.1, 0.15) is 4.88 Å². The molecule has 7 heteroatoms. The molecule has 0 radical (unpaired) electrons. The molecule has 3 N–H and O–H groups in total. The van der Waals surface area contributed by atoms with Crippen molar-refractivity contribution >= 4 is 39.0 Å². The van der Waals surface area contributed by atoms with E-state index in [1.54, 1.807) is 20.0 Å². The van der Waals surface area contributed by atoms with Gasteiger partial charge in [0.2, 0.25) is 0 Å². The SMILES string of the molecule is CC(C(N)=NO)N(C)C(=O)c1sccc1Br. The zero-order valence-electron chi connectivity index (χ0n) is 8.85. The summed E-state index contributed by atoms with van der Waals surface area (Å²) in [7, 11) is 1.61. The highest BCUT2D eigenvalue weighted by atomic mass is 79.9. The molecule has 0 aliphatic heterocycles. The van der Waals surface area contributed by atoms with Crippen LogP contribution in [0.4, 0.5) is 0 Å². The first kappa shape index (κ1) is 13.0. The molecule has 0 spiro atoms. The third-order valence-corrected chi connectivity index (χ3v) is 4.08. The Balaban J connectivity index is 2.87. The van der Waals surface area contributed by atoms with E-state index >= 15 is 0 Å². The average molecular weight is 306 g/mol. The van der Waals surface area contributed by atoms with E-state index in [-0.39, 0.29) is 11.7 Å². The molecule has 0 aliphatic carbocycles. The molecule has 0 aromatic carbocycles. The molecule has 0 aliphatic rings. The van der Waals surface area contributed by atoms with Crippen molar-refractivity contribution in [3.05, 3.63) is 20.8 Å². The fourth-order valence-corrected chi connectivity index (χ4v) is 2.59. The van der Waals surface area contributed by atoms with Gasteiger partial charge in [0.05, 0.1) is 6.04 Å². The molecular formula is C9H12BrN3O2S. The highest BCUT2D eigenvalue weighted by Crippen LogP contribution is 2.24. The first-order valence-electron chi connectivity index (χ1n) is 4.46. The van der Waals surface area contributed by atoms with E-state index in [9.17, 15) is 4.79 Å². The van der Waals surface area contributed by atoms with Crippen molar-refractivity contribution in [2.75, 3.05) is 7.05 Å². The van der Waals surface area contributed by atoms with Crippen LogP contribution in [0.1, 0.15) is 16.6 Å². The molecule has 16 heavy (non-hydrogen) atoms. The van der Waals surface area contributed by atoms with Gasteiger partial charge in [-0.2, -0.15) is 0 Å². The molecule has 1 amide bonds. The summed E-state index contributed by atoms with van der Waals surface area (Å²) >= 11 is 4.63. The minimum atomic E-state index is -0.452. The van der Waals surface area contributed by atoms with Crippen LogP contribution in [-0.4, -0.2) is 34.9 Å². The number of likely N-dealkylation sites (N-methyl/N-ethyl adjacent to an activating group) is 1. The maximum atomic E-state index is 12.0. The van der Waals surface area contributed by atoms with Crippen LogP contribution in [0, 0.1) is 0 Å².